The molecule has 0 aromatic heterocycles. The Balaban J connectivity index is 1.22. The predicted molar refractivity (Wildman–Crippen MR) is 102 cm³/mol. The van der Waals surface area contributed by atoms with Gasteiger partial charge in [-0.05, 0) is 63.8 Å². The van der Waals surface area contributed by atoms with Gasteiger partial charge in [-0.3, -0.25) is 14.5 Å². The van der Waals surface area contributed by atoms with Crippen molar-refractivity contribution in [3.05, 3.63) is 0 Å². The standard InChI is InChI=1S/C21H35N3O2/c25-20(14-16-4-1-2-5-16)23-12-9-19(10-13-23)24-11-3-6-17(15-24)21(26)22-18-7-8-18/h16-19H,1-15H2,(H,22,26)/t17-/m0/s1. The van der Waals surface area contributed by atoms with E-state index in [9.17, 15) is 9.59 Å². The van der Waals surface area contributed by atoms with Gasteiger partial charge in [-0.25, -0.2) is 0 Å². The first-order valence-corrected chi connectivity index (χ1v) is 11.0. The Morgan fingerprint density at radius 2 is 1.58 bits per heavy atom. The van der Waals surface area contributed by atoms with Gasteiger partial charge in [-0.15, -0.1) is 0 Å². The summed E-state index contributed by atoms with van der Waals surface area (Å²) in [6.07, 6.45) is 12.5. The fraction of sp³-hybridized carbons (Fsp3) is 0.905. The molecule has 0 aromatic carbocycles. The van der Waals surface area contributed by atoms with Gasteiger partial charge in [-0.2, -0.15) is 0 Å². The largest absolute Gasteiger partial charge is 0.353 e. The van der Waals surface area contributed by atoms with E-state index in [2.05, 4.69) is 15.1 Å². The van der Waals surface area contributed by atoms with Gasteiger partial charge >= 0.3 is 0 Å². The lowest BCUT2D eigenvalue weighted by Gasteiger charge is -2.42. The second-order valence-corrected chi connectivity index (χ2v) is 9.08. The lowest BCUT2D eigenvalue weighted by molar-refractivity contribution is -0.133. The Morgan fingerprint density at radius 3 is 2.27 bits per heavy atom. The zero-order valence-electron chi connectivity index (χ0n) is 16.1. The van der Waals surface area contributed by atoms with Crippen LogP contribution < -0.4 is 5.32 Å². The van der Waals surface area contributed by atoms with Crippen LogP contribution in [-0.2, 0) is 9.59 Å². The zero-order valence-corrected chi connectivity index (χ0v) is 16.1. The summed E-state index contributed by atoms with van der Waals surface area (Å²) in [6, 6.07) is 1.02. The van der Waals surface area contributed by atoms with Gasteiger partial charge in [0.15, 0.2) is 0 Å². The van der Waals surface area contributed by atoms with Gasteiger partial charge in [-0.1, -0.05) is 12.8 Å². The Kier molecular flexibility index (Phi) is 5.82. The predicted octanol–water partition coefficient (Wildman–Crippen LogP) is 2.55. The quantitative estimate of drug-likeness (QED) is 0.819. The molecule has 0 unspecified atom stereocenters. The Hall–Kier alpha value is -1.10. The minimum atomic E-state index is 0.173. The minimum absolute atomic E-state index is 0.173. The number of carbonyl (C=O) groups is 2. The third-order valence-corrected chi connectivity index (χ3v) is 7.02. The fourth-order valence-corrected chi connectivity index (χ4v) is 5.17. The second-order valence-electron chi connectivity index (χ2n) is 9.08. The molecule has 4 aliphatic rings. The van der Waals surface area contributed by atoms with E-state index in [-0.39, 0.29) is 11.8 Å². The maximum absolute atomic E-state index is 12.5. The summed E-state index contributed by atoms with van der Waals surface area (Å²) in [4.78, 5) is 29.6. The molecule has 146 valence electrons. The minimum Gasteiger partial charge on any atom is -0.353 e. The molecule has 5 heteroatoms. The normalized spacial score (nSPS) is 29.1. The van der Waals surface area contributed by atoms with Crippen LogP contribution in [0.5, 0.6) is 0 Å². The first-order chi connectivity index (χ1) is 12.7. The summed E-state index contributed by atoms with van der Waals surface area (Å²) in [5.41, 5.74) is 0. The summed E-state index contributed by atoms with van der Waals surface area (Å²) in [5.74, 6) is 1.48. The number of nitrogens with zero attached hydrogens (tertiary/aromatic N) is 2. The molecule has 0 radical (unpaired) electrons. The summed E-state index contributed by atoms with van der Waals surface area (Å²) < 4.78 is 0. The van der Waals surface area contributed by atoms with E-state index >= 15 is 0 Å². The maximum Gasteiger partial charge on any atom is 0.224 e. The third kappa shape index (κ3) is 4.59. The molecule has 1 N–H and O–H groups in total. The average Bonchev–Trinajstić information content (AvgIpc) is 3.34. The Labute approximate surface area is 157 Å². The summed E-state index contributed by atoms with van der Waals surface area (Å²) in [5, 5.41) is 3.18. The van der Waals surface area contributed by atoms with Crippen molar-refractivity contribution in [1.82, 2.24) is 15.1 Å². The highest BCUT2D eigenvalue weighted by atomic mass is 16.2. The molecule has 26 heavy (non-hydrogen) atoms. The van der Waals surface area contributed by atoms with E-state index < -0.39 is 0 Å². The average molecular weight is 362 g/mol. The molecule has 2 saturated heterocycles. The molecule has 2 aliphatic carbocycles. The SMILES string of the molecule is O=C(NC1CC1)[C@H]1CCCN(C2CCN(C(=O)CC3CCCC3)CC2)C1. The molecule has 1 atom stereocenters. The van der Waals surface area contributed by atoms with Crippen LogP contribution in [0.1, 0.15) is 70.6 Å². The molecular weight excluding hydrogens is 326 g/mol. The first-order valence-electron chi connectivity index (χ1n) is 11.0. The lowest BCUT2D eigenvalue weighted by atomic mass is 9.93. The monoisotopic (exact) mass is 361 g/mol. The van der Waals surface area contributed by atoms with E-state index in [1.54, 1.807) is 0 Å². The Morgan fingerprint density at radius 1 is 0.846 bits per heavy atom. The van der Waals surface area contributed by atoms with Crippen LogP contribution >= 0.6 is 0 Å². The molecule has 0 spiro atoms. The van der Waals surface area contributed by atoms with Gasteiger partial charge in [0.2, 0.25) is 11.8 Å². The van der Waals surface area contributed by atoms with Crippen LogP contribution in [-0.4, -0.2) is 59.9 Å². The molecule has 2 heterocycles. The lowest BCUT2D eigenvalue weighted by Crippen LogP contribution is -2.51. The van der Waals surface area contributed by atoms with Gasteiger partial charge in [0, 0.05) is 38.1 Å². The number of hydrogen-bond acceptors (Lipinski definition) is 3. The van der Waals surface area contributed by atoms with Crippen LogP contribution in [0, 0.1) is 11.8 Å². The van der Waals surface area contributed by atoms with E-state index in [1.165, 1.54) is 25.7 Å². The number of piperidine rings is 2. The molecular formula is C21H35N3O2. The Bertz CT molecular complexity index is 505. The van der Waals surface area contributed by atoms with Crippen molar-refractivity contribution in [3.8, 4) is 0 Å². The van der Waals surface area contributed by atoms with Gasteiger partial charge in [0.05, 0.1) is 5.92 Å². The molecule has 2 amide bonds. The molecule has 4 rings (SSSR count). The number of amides is 2. The smallest absolute Gasteiger partial charge is 0.224 e. The van der Waals surface area contributed by atoms with Crippen molar-refractivity contribution in [1.29, 1.82) is 0 Å². The third-order valence-electron chi connectivity index (χ3n) is 7.02. The first kappa shape index (κ1) is 18.3. The van der Waals surface area contributed by atoms with Gasteiger partial charge < -0.3 is 10.2 Å². The van der Waals surface area contributed by atoms with E-state index in [0.29, 0.717) is 23.9 Å². The molecule has 2 aliphatic heterocycles. The van der Waals surface area contributed by atoms with Crippen molar-refractivity contribution in [2.75, 3.05) is 26.2 Å². The van der Waals surface area contributed by atoms with Crippen LogP contribution in [0.3, 0.4) is 0 Å². The summed E-state index contributed by atoms with van der Waals surface area (Å²) in [6.45, 7) is 3.85. The second kappa shape index (κ2) is 8.28. The van der Waals surface area contributed by atoms with Crippen molar-refractivity contribution >= 4 is 11.8 Å². The van der Waals surface area contributed by atoms with Crippen LogP contribution in [0.25, 0.3) is 0 Å². The fourth-order valence-electron chi connectivity index (χ4n) is 5.17. The van der Waals surface area contributed by atoms with E-state index in [4.69, 9.17) is 0 Å². The highest BCUT2D eigenvalue weighted by Gasteiger charge is 2.34. The van der Waals surface area contributed by atoms with Crippen LogP contribution in [0.2, 0.25) is 0 Å². The van der Waals surface area contributed by atoms with Crippen LogP contribution in [0.4, 0.5) is 0 Å². The highest BCUT2D eigenvalue weighted by molar-refractivity contribution is 5.79. The van der Waals surface area contributed by atoms with E-state index in [1.807, 2.05) is 0 Å². The molecule has 4 fully saturated rings. The van der Waals surface area contributed by atoms with Crippen molar-refractivity contribution in [2.24, 2.45) is 11.8 Å². The van der Waals surface area contributed by atoms with E-state index in [0.717, 1.165) is 71.1 Å². The number of nitrogens with one attached hydrogen (secondary N) is 1. The molecule has 5 nitrogen and oxygen atoms in total. The number of rotatable bonds is 5. The molecule has 0 aromatic rings. The summed E-state index contributed by atoms with van der Waals surface area (Å²) in [7, 11) is 0. The van der Waals surface area contributed by atoms with Gasteiger partial charge in [0.1, 0.15) is 0 Å². The number of likely N-dealkylation sites (tertiary alicyclic amines) is 2. The van der Waals surface area contributed by atoms with Crippen molar-refractivity contribution in [2.45, 2.75) is 82.7 Å². The number of carbonyl (C=O) groups excluding carboxylic acids is 2. The van der Waals surface area contributed by atoms with Crippen LogP contribution in [0.15, 0.2) is 0 Å². The zero-order chi connectivity index (χ0) is 17.9. The van der Waals surface area contributed by atoms with Crippen molar-refractivity contribution in [3.63, 3.8) is 0 Å². The van der Waals surface area contributed by atoms with Gasteiger partial charge in [0.25, 0.3) is 0 Å². The topological polar surface area (TPSA) is 52.7 Å². The summed E-state index contributed by atoms with van der Waals surface area (Å²) >= 11 is 0. The molecule has 2 saturated carbocycles. The molecule has 0 bridgehead atoms. The maximum atomic E-state index is 12.5. The number of hydrogen-bond donors (Lipinski definition) is 1. The highest BCUT2D eigenvalue weighted by Crippen LogP contribution is 2.29. The van der Waals surface area contributed by atoms with Crippen molar-refractivity contribution < 1.29 is 9.59 Å².